The molecule has 15 heteroatoms. The Bertz CT molecular complexity index is 3260. The fourth-order valence-corrected chi connectivity index (χ4v) is 8.40. The molecule has 0 bridgehead atoms. The van der Waals surface area contributed by atoms with E-state index < -0.39 is 5.54 Å². The van der Waals surface area contributed by atoms with Crippen LogP contribution in [0.3, 0.4) is 0 Å². The minimum Gasteiger partial charge on any atom is -0.368 e. The van der Waals surface area contributed by atoms with Gasteiger partial charge in [0.2, 0.25) is 11.9 Å². The summed E-state index contributed by atoms with van der Waals surface area (Å²) in [6, 6.07) is 30.9. The Hall–Kier alpha value is -8.33. The number of pyridine rings is 1. The molecule has 0 aliphatic carbocycles. The third-order valence-corrected chi connectivity index (χ3v) is 11.4. The van der Waals surface area contributed by atoms with E-state index in [-0.39, 0.29) is 29.2 Å². The number of nitrogens with zero attached hydrogens (tertiary/aromatic N) is 9. The summed E-state index contributed by atoms with van der Waals surface area (Å²) in [6.45, 7) is 11.2. The number of nitrogens with two attached hydrogens (primary N) is 2. The number of nitrogen functional groups attached to an aromatic ring is 2. The Morgan fingerprint density at radius 3 is 1.55 bits per heavy atom. The van der Waals surface area contributed by atoms with Crippen molar-refractivity contribution < 1.29 is 14.2 Å². The van der Waals surface area contributed by atoms with Crippen molar-refractivity contribution in [3.63, 3.8) is 0 Å². The van der Waals surface area contributed by atoms with Crippen LogP contribution in [0.15, 0.2) is 134 Å². The van der Waals surface area contributed by atoms with Gasteiger partial charge in [-0.1, -0.05) is 48.5 Å². The molecule has 324 valence electrons. The number of imidazole rings is 2. The van der Waals surface area contributed by atoms with Gasteiger partial charge < -0.3 is 31.2 Å². The van der Waals surface area contributed by atoms with E-state index in [1.165, 1.54) is 0 Å². The molecular formula is C50H48N13O2+. The highest BCUT2D eigenvalue weighted by Gasteiger charge is 2.33. The van der Waals surface area contributed by atoms with Gasteiger partial charge in [0, 0.05) is 71.8 Å². The first kappa shape index (κ1) is 42.0. The number of carbonyl (C=O) groups excluding carboxylic acids is 2. The molecule has 9 aromatic rings. The minimum absolute atomic E-state index is 0.198. The molecule has 0 saturated carbocycles. The fraction of sp³-hybridized carbons (Fsp3) is 0.180. The SMILES string of the molecule is CNC(=O)c1ccccc1-c1nc2cc(-c3cnc(N)nc3)ccc2n1C(C)(C)C[n+]1ccc(NC(=O)c2ccccc2-c2nc3cc(-c4cnc(N)nc4)ccc3n2C(C)(C)C)cc1. The maximum absolute atomic E-state index is 14.2. The van der Waals surface area contributed by atoms with Crippen molar-refractivity contribution >= 4 is 51.5 Å². The Kier molecular flexibility index (Phi) is 10.6. The van der Waals surface area contributed by atoms with E-state index >= 15 is 0 Å². The van der Waals surface area contributed by atoms with Crippen molar-refractivity contribution in [1.29, 1.82) is 0 Å². The predicted octanol–water partition coefficient (Wildman–Crippen LogP) is 7.89. The van der Waals surface area contributed by atoms with Gasteiger partial charge in [0.1, 0.15) is 11.6 Å². The average Bonchev–Trinajstić information content (AvgIpc) is 3.89. The van der Waals surface area contributed by atoms with Gasteiger partial charge in [-0.2, -0.15) is 0 Å². The highest BCUT2D eigenvalue weighted by Crippen LogP contribution is 2.37. The van der Waals surface area contributed by atoms with E-state index in [1.54, 1.807) is 37.9 Å². The molecule has 5 heterocycles. The van der Waals surface area contributed by atoms with Crippen LogP contribution in [0, 0.1) is 0 Å². The van der Waals surface area contributed by atoms with Gasteiger partial charge >= 0.3 is 0 Å². The maximum atomic E-state index is 14.2. The highest BCUT2D eigenvalue weighted by molar-refractivity contribution is 6.08. The molecule has 5 aromatic heterocycles. The van der Waals surface area contributed by atoms with Crippen LogP contribution < -0.4 is 26.7 Å². The van der Waals surface area contributed by atoms with Crippen molar-refractivity contribution in [3.8, 4) is 45.0 Å². The number of aromatic nitrogens is 9. The molecule has 2 amide bonds. The van der Waals surface area contributed by atoms with Crippen LogP contribution in [-0.4, -0.2) is 57.9 Å². The van der Waals surface area contributed by atoms with Crippen LogP contribution in [0.1, 0.15) is 55.3 Å². The van der Waals surface area contributed by atoms with Crippen LogP contribution >= 0.6 is 0 Å². The molecule has 0 spiro atoms. The minimum atomic E-state index is -0.581. The average molecular weight is 863 g/mol. The molecule has 9 rings (SSSR count). The van der Waals surface area contributed by atoms with Crippen molar-refractivity contribution in [1.82, 2.24) is 44.4 Å². The molecule has 0 radical (unpaired) electrons. The lowest BCUT2D eigenvalue weighted by Gasteiger charge is -2.27. The van der Waals surface area contributed by atoms with Crippen LogP contribution in [0.25, 0.3) is 67.1 Å². The predicted molar refractivity (Wildman–Crippen MR) is 254 cm³/mol. The molecule has 6 N–H and O–H groups in total. The number of nitrogens with one attached hydrogen (secondary N) is 2. The monoisotopic (exact) mass is 862 g/mol. The van der Waals surface area contributed by atoms with E-state index in [4.69, 9.17) is 21.4 Å². The Balaban J connectivity index is 1.02. The Labute approximate surface area is 375 Å². The topological polar surface area (TPSA) is 201 Å². The fourth-order valence-electron chi connectivity index (χ4n) is 8.40. The van der Waals surface area contributed by atoms with Gasteiger partial charge in [-0.3, -0.25) is 9.59 Å². The summed E-state index contributed by atoms with van der Waals surface area (Å²) in [5.41, 5.74) is 20.4. The molecule has 4 aromatic carbocycles. The molecule has 0 atom stereocenters. The van der Waals surface area contributed by atoms with Gasteiger partial charge in [-0.05, 0) is 82.1 Å². The van der Waals surface area contributed by atoms with E-state index in [9.17, 15) is 9.59 Å². The zero-order valence-electron chi connectivity index (χ0n) is 36.9. The Morgan fingerprint density at radius 1 is 0.600 bits per heavy atom. The van der Waals surface area contributed by atoms with E-state index in [0.29, 0.717) is 46.1 Å². The second-order valence-electron chi connectivity index (χ2n) is 17.5. The third-order valence-electron chi connectivity index (χ3n) is 11.4. The first-order valence-corrected chi connectivity index (χ1v) is 21.1. The van der Waals surface area contributed by atoms with Gasteiger partial charge in [-0.25, -0.2) is 34.5 Å². The van der Waals surface area contributed by atoms with E-state index in [2.05, 4.69) is 78.9 Å². The smallest absolute Gasteiger partial charge is 0.256 e. The van der Waals surface area contributed by atoms with Crippen molar-refractivity contribution in [2.24, 2.45) is 0 Å². The lowest BCUT2D eigenvalue weighted by atomic mass is 10.0. The molecule has 65 heavy (non-hydrogen) atoms. The number of amides is 2. The number of benzene rings is 4. The summed E-state index contributed by atoms with van der Waals surface area (Å²) in [4.78, 5) is 54.4. The number of fused-ring (bicyclic) bond motifs is 2. The third kappa shape index (κ3) is 8.10. The summed E-state index contributed by atoms with van der Waals surface area (Å²) in [6.07, 6.45) is 10.7. The lowest BCUT2D eigenvalue weighted by Crippen LogP contribution is -2.46. The second kappa shape index (κ2) is 16.4. The first-order valence-electron chi connectivity index (χ1n) is 21.1. The van der Waals surface area contributed by atoms with Crippen molar-refractivity contribution in [2.75, 3.05) is 23.8 Å². The number of hydrogen-bond acceptors (Lipinski definition) is 10. The number of anilines is 3. The van der Waals surface area contributed by atoms with Crippen LogP contribution in [-0.2, 0) is 17.6 Å². The second-order valence-corrected chi connectivity index (χ2v) is 17.5. The Morgan fingerprint density at radius 2 is 1.06 bits per heavy atom. The first-order chi connectivity index (χ1) is 31.2. The molecule has 0 unspecified atom stereocenters. The zero-order chi connectivity index (χ0) is 45.6. The molecular weight excluding hydrogens is 815 g/mol. The van der Waals surface area contributed by atoms with Crippen LogP contribution in [0.2, 0.25) is 0 Å². The zero-order valence-corrected chi connectivity index (χ0v) is 36.9. The largest absolute Gasteiger partial charge is 0.368 e. The van der Waals surface area contributed by atoms with E-state index in [0.717, 1.165) is 44.3 Å². The molecule has 0 aliphatic heterocycles. The summed E-state index contributed by atoms with van der Waals surface area (Å²) < 4.78 is 6.43. The number of hydrogen-bond donors (Lipinski definition) is 4. The van der Waals surface area contributed by atoms with Gasteiger partial charge in [0.15, 0.2) is 18.9 Å². The number of rotatable bonds is 10. The van der Waals surface area contributed by atoms with E-state index in [1.807, 2.05) is 103 Å². The summed E-state index contributed by atoms with van der Waals surface area (Å²) in [5.74, 6) is 1.26. The van der Waals surface area contributed by atoms with Crippen LogP contribution in [0.5, 0.6) is 0 Å². The van der Waals surface area contributed by atoms with Crippen molar-refractivity contribution in [2.45, 2.75) is 52.2 Å². The summed E-state index contributed by atoms with van der Waals surface area (Å²) in [7, 11) is 1.62. The molecule has 0 saturated heterocycles. The molecule has 15 nitrogen and oxygen atoms in total. The van der Waals surface area contributed by atoms with Crippen molar-refractivity contribution in [3.05, 3.63) is 145 Å². The lowest BCUT2D eigenvalue weighted by molar-refractivity contribution is -0.706. The standard InChI is InChI=1S/C50H47N13O2/c1-49(2,3)62-41-17-15-30(32-25-54-47(51)55-26-32)23-39(41)59-43(62)36-12-8-10-14-38(36)46(65)58-34-19-21-61(22-20-34)29-50(4,5)63-42-18-16-31(33-27-56-48(52)57-28-33)24-40(42)60-44(63)35-11-7-9-13-37(35)45(64)53-6/h7-28H,29H2,1-6H3,(H5,51,52,53,54,55,56,57,64)/p+1. The van der Waals surface area contributed by atoms with Crippen LogP contribution in [0.4, 0.5) is 17.6 Å². The number of carbonyl (C=O) groups is 2. The molecule has 0 fully saturated rings. The highest BCUT2D eigenvalue weighted by atomic mass is 16.2. The quantitative estimate of drug-likeness (QED) is 0.0980. The summed E-state index contributed by atoms with van der Waals surface area (Å²) in [5, 5.41) is 5.91. The van der Waals surface area contributed by atoms with Gasteiger partial charge in [0.05, 0.1) is 44.4 Å². The summed E-state index contributed by atoms with van der Waals surface area (Å²) >= 11 is 0. The van der Waals surface area contributed by atoms with Gasteiger partial charge in [-0.15, -0.1) is 0 Å². The maximum Gasteiger partial charge on any atom is 0.256 e. The van der Waals surface area contributed by atoms with Gasteiger partial charge in [0.25, 0.3) is 11.8 Å². The molecule has 0 aliphatic rings. The normalized spacial score (nSPS) is 11.8.